The minimum Gasteiger partial charge on any atom is -0.452 e. The summed E-state index contributed by atoms with van der Waals surface area (Å²) in [5, 5.41) is 5.69. The molecule has 2 rings (SSSR count). The van der Waals surface area contributed by atoms with Crippen LogP contribution in [0.2, 0.25) is 5.02 Å². The van der Waals surface area contributed by atoms with E-state index in [-0.39, 0.29) is 0 Å². The lowest BCUT2D eigenvalue weighted by atomic mass is 10.2. The molecule has 0 spiro atoms. The second kappa shape index (κ2) is 5.33. The van der Waals surface area contributed by atoms with Gasteiger partial charge in [-0.2, -0.15) is 5.10 Å². The smallest absolute Gasteiger partial charge is 0.171 e. The molecular formula is C13H14BrClN2O. The molecule has 0 saturated heterocycles. The molecule has 1 aromatic heterocycles. The molecule has 3 nitrogen and oxygen atoms in total. The average Bonchev–Trinajstić information content (AvgIpc) is 2.58. The summed E-state index contributed by atoms with van der Waals surface area (Å²) in [7, 11) is 1.89. The van der Waals surface area contributed by atoms with Crippen LogP contribution < -0.4 is 4.74 Å². The van der Waals surface area contributed by atoms with Gasteiger partial charge in [0.1, 0.15) is 11.4 Å². The lowest BCUT2D eigenvalue weighted by molar-refractivity contribution is 0.474. The highest BCUT2D eigenvalue weighted by atomic mass is 79.9. The molecule has 0 unspecified atom stereocenters. The Hall–Kier alpha value is -1.000. The molecule has 0 radical (unpaired) electrons. The zero-order valence-electron chi connectivity index (χ0n) is 10.5. The van der Waals surface area contributed by atoms with E-state index in [1.165, 1.54) is 0 Å². The molecule has 96 valence electrons. The van der Waals surface area contributed by atoms with Crippen molar-refractivity contribution in [2.75, 3.05) is 0 Å². The summed E-state index contributed by atoms with van der Waals surface area (Å²) < 4.78 is 7.66. The van der Waals surface area contributed by atoms with Gasteiger partial charge in [0.25, 0.3) is 0 Å². The van der Waals surface area contributed by atoms with Crippen LogP contribution in [-0.2, 0) is 12.4 Å². The van der Waals surface area contributed by atoms with Gasteiger partial charge >= 0.3 is 0 Å². The molecule has 2 aromatic rings. The van der Waals surface area contributed by atoms with Crippen molar-refractivity contribution in [3.63, 3.8) is 0 Å². The van der Waals surface area contributed by atoms with Gasteiger partial charge in [-0.15, -0.1) is 0 Å². The zero-order valence-corrected chi connectivity index (χ0v) is 12.8. The Bertz CT molecular complexity index is 581. The highest BCUT2D eigenvalue weighted by molar-refractivity contribution is 9.08. The Labute approximate surface area is 120 Å². The molecule has 0 bridgehead atoms. The van der Waals surface area contributed by atoms with Gasteiger partial charge < -0.3 is 4.74 Å². The van der Waals surface area contributed by atoms with Crippen LogP contribution in [0.3, 0.4) is 0 Å². The maximum Gasteiger partial charge on any atom is 0.171 e. The van der Waals surface area contributed by atoms with E-state index in [2.05, 4.69) is 21.0 Å². The van der Waals surface area contributed by atoms with Crippen molar-refractivity contribution in [3.8, 4) is 11.5 Å². The lowest BCUT2D eigenvalue weighted by Gasteiger charge is -2.08. The maximum atomic E-state index is 6.20. The van der Waals surface area contributed by atoms with E-state index >= 15 is 0 Å². The monoisotopic (exact) mass is 328 g/mol. The topological polar surface area (TPSA) is 27.1 Å². The first-order valence-corrected chi connectivity index (χ1v) is 7.05. The van der Waals surface area contributed by atoms with E-state index in [1.54, 1.807) is 4.68 Å². The standard InChI is InChI=1S/C13H14BrClN2O/c1-8-13(9(2)17(3)16-8)18-12-5-4-10(7-14)6-11(12)15/h4-6H,7H2,1-3H3. The van der Waals surface area contributed by atoms with E-state index in [9.17, 15) is 0 Å². The largest absolute Gasteiger partial charge is 0.452 e. The molecule has 5 heteroatoms. The molecule has 1 aromatic carbocycles. The average molecular weight is 330 g/mol. The van der Waals surface area contributed by atoms with Gasteiger partial charge in [-0.1, -0.05) is 33.6 Å². The Morgan fingerprint density at radius 1 is 1.39 bits per heavy atom. The first kappa shape index (κ1) is 13.4. The number of aromatic nitrogens is 2. The molecule has 0 aliphatic carbocycles. The van der Waals surface area contributed by atoms with Crippen LogP contribution in [0.4, 0.5) is 0 Å². The maximum absolute atomic E-state index is 6.20. The van der Waals surface area contributed by atoms with Crippen molar-refractivity contribution in [2.24, 2.45) is 7.05 Å². The fourth-order valence-corrected chi connectivity index (χ4v) is 2.31. The molecule has 0 amide bonds. The Morgan fingerprint density at radius 3 is 2.61 bits per heavy atom. The van der Waals surface area contributed by atoms with Gasteiger partial charge in [-0.05, 0) is 31.5 Å². The quantitative estimate of drug-likeness (QED) is 0.782. The molecule has 18 heavy (non-hydrogen) atoms. The molecule has 0 aliphatic rings. The second-order valence-corrected chi connectivity index (χ2v) is 5.09. The Balaban J connectivity index is 2.34. The predicted octanol–water partition coefficient (Wildman–Crippen LogP) is 4.38. The van der Waals surface area contributed by atoms with E-state index in [0.717, 1.165) is 28.0 Å². The third kappa shape index (κ3) is 2.54. The minimum atomic E-state index is 0.606. The van der Waals surface area contributed by atoms with Gasteiger partial charge in [-0.25, -0.2) is 0 Å². The van der Waals surface area contributed by atoms with Crippen LogP contribution in [0.25, 0.3) is 0 Å². The molecule has 0 fully saturated rings. The van der Waals surface area contributed by atoms with Crippen molar-refractivity contribution in [2.45, 2.75) is 19.2 Å². The van der Waals surface area contributed by atoms with Gasteiger partial charge in [0.05, 0.1) is 10.7 Å². The van der Waals surface area contributed by atoms with Gasteiger partial charge in [0.15, 0.2) is 5.75 Å². The summed E-state index contributed by atoms with van der Waals surface area (Å²) in [5.41, 5.74) is 2.95. The number of hydrogen-bond acceptors (Lipinski definition) is 2. The SMILES string of the molecule is Cc1nn(C)c(C)c1Oc1ccc(CBr)cc1Cl. The first-order valence-electron chi connectivity index (χ1n) is 5.55. The van der Waals surface area contributed by atoms with Gasteiger partial charge in [0, 0.05) is 12.4 Å². The summed E-state index contributed by atoms with van der Waals surface area (Å²) in [6.07, 6.45) is 0. The van der Waals surface area contributed by atoms with Crippen molar-refractivity contribution in [1.82, 2.24) is 9.78 Å². The van der Waals surface area contributed by atoms with Crippen molar-refractivity contribution in [3.05, 3.63) is 40.2 Å². The van der Waals surface area contributed by atoms with Crippen LogP contribution in [0.15, 0.2) is 18.2 Å². The third-order valence-corrected chi connectivity index (χ3v) is 3.75. The van der Waals surface area contributed by atoms with Crippen LogP contribution in [0, 0.1) is 13.8 Å². The van der Waals surface area contributed by atoms with E-state index in [1.807, 2.05) is 39.1 Å². The number of hydrogen-bond donors (Lipinski definition) is 0. The Morgan fingerprint density at radius 2 is 2.11 bits per heavy atom. The summed E-state index contributed by atoms with van der Waals surface area (Å²) in [4.78, 5) is 0. The number of alkyl halides is 1. The summed E-state index contributed by atoms with van der Waals surface area (Å²) >= 11 is 9.59. The van der Waals surface area contributed by atoms with Crippen LogP contribution >= 0.6 is 27.5 Å². The van der Waals surface area contributed by atoms with Crippen molar-refractivity contribution < 1.29 is 4.74 Å². The summed E-state index contributed by atoms with van der Waals surface area (Å²) in [6.45, 7) is 3.89. The fraction of sp³-hybridized carbons (Fsp3) is 0.308. The highest BCUT2D eigenvalue weighted by Crippen LogP contribution is 2.33. The second-order valence-electron chi connectivity index (χ2n) is 4.12. The van der Waals surface area contributed by atoms with Crippen LogP contribution in [0.1, 0.15) is 17.0 Å². The van der Waals surface area contributed by atoms with Gasteiger partial charge in [0.2, 0.25) is 0 Å². The van der Waals surface area contributed by atoms with Crippen molar-refractivity contribution in [1.29, 1.82) is 0 Å². The van der Waals surface area contributed by atoms with Gasteiger partial charge in [-0.3, -0.25) is 4.68 Å². The van der Waals surface area contributed by atoms with E-state index in [0.29, 0.717) is 10.8 Å². The van der Waals surface area contributed by atoms with E-state index in [4.69, 9.17) is 16.3 Å². The number of nitrogens with zero attached hydrogens (tertiary/aromatic N) is 2. The number of rotatable bonds is 3. The van der Waals surface area contributed by atoms with E-state index < -0.39 is 0 Å². The third-order valence-electron chi connectivity index (χ3n) is 2.81. The minimum absolute atomic E-state index is 0.606. The van der Waals surface area contributed by atoms with Crippen LogP contribution in [0.5, 0.6) is 11.5 Å². The molecule has 0 N–H and O–H groups in total. The fourth-order valence-electron chi connectivity index (χ4n) is 1.72. The predicted molar refractivity (Wildman–Crippen MR) is 76.8 cm³/mol. The first-order chi connectivity index (χ1) is 8.52. The molecule has 0 atom stereocenters. The lowest BCUT2D eigenvalue weighted by Crippen LogP contribution is -1.93. The number of ether oxygens (including phenoxy) is 1. The summed E-state index contributed by atoms with van der Waals surface area (Å²) in [6, 6.07) is 5.76. The normalized spacial score (nSPS) is 10.7. The summed E-state index contributed by atoms with van der Waals surface area (Å²) in [5.74, 6) is 1.42. The zero-order chi connectivity index (χ0) is 13.3. The molecule has 1 heterocycles. The molecule has 0 saturated carbocycles. The molecular weight excluding hydrogens is 316 g/mol. The Kier molecular flexibility index (Phi) is 3.97. The number of aryl methyl sites for hydroxylation is 2. The van der Waals surface area contributed by atoms with Crippen LogP contribution in [-0.4, -0.2) is 9.78 Å². The number of benzene rings is 1. The molecule has 0 aliphatic heterocycles. The number of halogens is 2. The highest BCUT2D eigenvalue weighted by Gasteiger charge is 2.13. The van der Waals surface area contributed by atoms with Crippen molar-refractivity contribution >= 4 is 27.5 Å².